The average Bonchev–Trinajstić information content (AvgIpc) is 2.46. The number of hydrogen-bond acceptors (Lipinski definition) is 4. The number of carbonyl (C=O) groups excluding carboxylic acids is 2. The highest BCUT2D eigenvalue weighted by Gasteiger charge is 2.05. The summed E-state index contributed by atoms with van der Waals surface area (Å²) in [6.07, 6.45) is 0. The van der Waals surface area contributed by atoms with Crippen molar-refractivity contribution in [3.63, 3.8) is 0 Å². The average molecular weight is 294 g/mol. The van der Waals surface area contributed by atoms with Gasteiger partial charge in [0.05, 0.1) is 11.1 Å². The van der Waals surface area contributed by atoms with E-state index in [1.807, 2.05) is 0 Å². The Bertz CT molecular complexity index is 702. The van der Waals surface area contributed by atoms with Gasteiger partial charge in [-0.15, -0.1) is 0 Å². The molecule has 4 nitrogen and oxygen atoms in total. The number of hydrogen-bond donors (Lipinski definition) is 0. The minimum Gasteiger partial charge on any atom is -0.425 e. The first-order chi connectivity index (χ1) is 10.6. The van der Waals surface area contributed by atoms with E-state index in [1.54, 1.807) is 48.5 Å². The monoisotopic (exact) mass is 294 g/mol. The number of benzene rings is 2. The third kappa shape index (κ3) is 4.22. The van der Waals surface area contributed by atoms with E-state index in [0.29, 0.717) is 22.6 Å². The molecule has 0 aliphatic rings. The zero-order chi connectivity index (χ0) is 15.9. The van der Waals surface area contributed by atoms with Crippen molar-refractivity contribution in [2.24, 2.45) is 0 Å². The van der Waals surface area contributed by atoms with E-state index in [9.17, 15) is 9.59 Å². The van der Waals surface area contributed by atoms with Gasteiger partial charge in [0.25, 0.3) is 0 Å². The lowest BCUT2D eigenvalue weighted by molar-refractivity contribution is -0.132. The van der Waals surface area contributed by atoms with Gasteiger partial charge in [-0.25, -0.2) is 0 Å². The van der Waals surface area contributed by atoms with Gasteiger partial charge in [-0.2, -0.15) is 0 Å². The maximum Gasteiger partial charge on any atom is 0.308 e. The van der Waals surface area contributed by atoms with Gasteiger partial charge in [0.15, 0.2) is 0 Å². The molecule has 0 aliphatic heterocycles. The second-order valence-corrected chi connectivity index (χ2v) is 4.43. The SMILES string of the molecule is CC(=O)Oc1ccccc1C#Cc1ccccc1OC(C)=O. The van der Waals surface area contributed by atoms with Gasteiger partial charge in [-0.05, 0) is 24.3 Å². The summed E-state index contributed by atoms with van der Waals surface area (Å²) in [6, 6.07) is 14.0. The smallest absolute Gasteiger partial charge is 0.308 e. The maximum atomic E-state index is 11.1. The molecule has 0 aliphatic carbocycles. The Morgan fingerprint density at radius 2 is 1.09 bits per heavy atom. The molecular weight excluding hydrogens is 280 g/mol. The summed E-state index contributed by atoms with van der Waals surface area (Å²) in [7, 11) is 0. The van der Waals surface area contributed by atoms with Crippen LogP contribution in [0.3, 0.4) is 0 Å². The predicted molar refractivity (Wildman–Crippen MR) is 81.5 cm³/mol. The Morgan fingerprint density at radius 3 is 1.45 bits per heavy atom. The molecule has 0 heterocycles. The van der Waals surface area contributed by atoms with E-state index in [-0.39, 0.29) is 0 Å². The van der Waals surface area contributed by atoms with E-state index in [0.717, 1.165) is 0 Å². The van der Waals surface area contributed by atoms with Crippen molar-refractivity contribution in [3.05, 3.63) is 59.7 Å². The molecule has 0 amide bonds. The van der Waals surface area contributed by atoms with Crippen molar-refractivity contribution < 1.29 is 19.1 Å². The van der Waals surface area contributed by atoms with Crippen LogP contribution >= 0.6 is 0 Å². The van der Waals surface area contributed by atoms with Crippen LogP contribution in [0, 0.1) is 11.8 Å². The number of ether oxygens (including phenoxy) is 2. The Labute approximate surface area is 128 Å². The van der Waals surface area contributed by atoms with E-state index in [4.69, 9.17) is 9.47 Å². The molecule has 4 heteroatoms. The zero-order valence-electron chi connectivity index (χ0n) is 12.3. The first-order valence-corrected chi connectivity index (χ1v) is 6.63. The van der Waals surface area contributed by atoms with Crippen LogP contribution in [-0.2, 0) is 9.59 Å². The molecule has 0 spiro atoms. The van der Waals surface area contributed by atoms with Crippen molar-refractivity contribution in [1.29, 1.82) is 0 Å². The third-order valence-electron chi connectivity index (χ3n) is 2.61. The highest BCUT2D eigenvalue weighted by Crippen LogP contribution is 2.19. The molecule has 0 atom stereocenters. The number of carbonyl (C=O) groups is 2. The van der Waals surface area contributed by atoms with Crippen molar-refractivity contribution in [1.82, 2.24) is 0 Å². The molecule has 2 aromatic rings. The molecule has 2 aromatic carbocycles. The van der Waals surface area contributed by atoms with Crippen LogP contribution in [0.25, 0.3) is 0 Å². The number of esters is 2. The van der Waals surface area contributed by atoms with E-state index in [1.165, 1.54) is 13.8 Å². The number of rotatable bonds is 2. The van der Waals surface area contributed by atoms with Crippen molar-refractivity contribution in [2.75, 3.05) is 0 Å². The van der Waals surface area contributed by atoms with Gasteiger partial charge < -0.3 is 9.47 Å². The Morgan fingerprint density at radius 1 is 0.727 bits per heavy atom. The Kier molecular flexibility index (Phi) is 4.94. The normalized spacial score (nSPS) is 9.36. The molecule has 0 bridgehead atoms. The molecular formula is C18H14O4. The van der Waals surface area contributed by atoms with E-state index < -0.39 is 11.9 Å². The fraction of sp³-hybridized carbons (Fsp3) is 0.111. The molecule has 22 heavy (non-hydrogen) atoms. The van der Waals surface area contributed by atoms with Crippen LogP contribution in [0.4, 0.5) is 0 Å². The summed E-state index contributed by atoms with van der Waals surface area (Å²) >= 11 is 0. The molecule has 0 saturated heterocycles. The van der Waals surface area contributed by atoms with E-state index in [2.05, 4.69) is 11.8 Å². The summed E-state index contributed by atoms with van der Waals surface area (Å²) in [5.41, 5.74) is 1.16. The van der Waals surface area contributed by atoms with Gasteiger partial charge in [0, 0.05) is 13.8 Å². The zero-order valence-corrected chi connectivity index (χ0v) is 12.3. The molecule has 2 rings (SSSR count). The standard InChI is InChI=1S/C18H14O4/c1-13(19)21-17-9-5-3-7-15(17)11-12-16-8-4-6-10-18(16)22-14(2)20/h3-10H,1-2H3. The maximum absolute atomic E-state index is 11.1. The lowest BCUT2D eigenvalue weighted by Gasteiger charge is -2.04. The summed E-state index contributed by atoms with van der Waals surface area (Å²) in [5, 5.41) is 0. The summed E-state index contributed by atoms with van der Waals surface area (Å²) < 4.78 is 10.2. The minimum atomic E-state index is -0.408. The molecule has 0 saturated carbocycles. The highest BCUT2D eigenvalue weighted by atomic mass is 16.5. The molecule has 0 N–H and O–H groups in total. The first-order valence-electron chi connectivity index (χ1n) is 6.63. The highest BCUT2D eigenvalue weighted by molar-refractivity contribution is 5.71. The van der Waals surface area contributed by atoms with Crippen LogP contribution in [0.15, 0.2) is 48.5 Å². The van der Waals surface area contributed by atoms with Crippen molar-refractivity contribution in [2.45, 2.75) is 13.8 Å². The van der Waals surface area contributed by atoms with Crippen molar-refractivity contribution >= 4 is 11.9 Å². The largest absolute Gasteiger partial charge is 0.425 e. The summed E-state index contributed by atoms with van der Waals surface area (Å²) in [4.78, 5) is 22.2. The molecule has 0 radical (unpaired) electrons. The van der Waals surface area contributed by atoms with Crippen LogP contribution in [0.2, 0.25) is 0 Å². The minimum absolute atomic E-state index is 0.396. The van der Waals surface area contributed by atoms with Crippen LogP contribution in [-0.4, -0.2) is 11.9 Å². The molecule has 0 aromatic heterocycles. The second kappa shape index (κ2) is 7.09. The van der Waals surface area contributed by atoms with Crippen LogP contribution in [0.5, 0.6) is 11.5 Å². The third-order valence-corrected chi connectivity index (χ3v) is 2.61. The fourth-order valence-corrected chi connectivity index (χ4v) is 1.76. The Balaban J connectivity index is 2.35. The van der Waals surface area contributed by atoms with Crippen LogP contribution < -0.4 is 9.47 Å². The fourth-order valence-electron chi connectivity index (χ4n) is 1.76. The lowest BCUT2D eigenvalue weighted by Crippen LogP contribution is -2.03. The van der Waals surface area contributed by atoms with Gasteiger partial charge in [0.2, 0.25) is 0 Å². The van der Waals surface area contributed by atoms with E-state index >= 15 is 0 Å². The topological polar surface area (TPSA) is 52.6 Å². The van der Waals surface area contributed by atoms with Gasteiger partial charge >= 0.3 is 11.9 Å². The first kappa shape index (κ1) is 15.3. The van der Waals surface area contributed by atoms with Crippen molar-refractivity contribution in [3.8, 4) is 23.3 Å². The quantitative estimate of drug-likeness (QED) is 0.485. The van der Waals surface area contributed by atoms with Gasteiger partial charge in [0.1, 0.15) is 11.5 Å². The van der Waals surface area contributed by atoms with Crippen LogP contribution in [0.1, 0.15) is 25.0 Å². The lowest BCUT2D eigenvalue weighted by atomic mass is 10.1. The summed E-state index contributed by atoms with van der Waals surface area (Å²) in [5.74, 6) is 5.84. The molecule has 0 unspecified atom stereocenters. The van der Waals surface area contributed by atoms with Gasteiger partial charge in [-0.3, -0.25) is 9.59 Å². The summed E-state index contributed by atoms with van der Waals surface area (Å²) in [6.45, 7) is 2.67. The molecule has 110 valence electrons. The second-order valence-electron chi connectivity index (χ2n) is 4.43. The van der Waals surface area contributed by atoms with Gasteiger partial charge in [-0.1, -0.05) is 36.1 Å². The molecule has 0 fully saturated rings. The Hall–Kier alpha value is -3.06. The predicted octanol–water partition coefficient (Wildman–Crippen LogP) is 2.94. The number of para-hydroxylation sites is 2.